The standard InChI is InChI=1S/C12H17N3O/c1-15(2)11(16)8-14-10-6-5-9-4-3-7-13-12(9)10/h3-4,7,10,14H,5-6,8H2,1-2H3. The van der Waals surface area contributed by atoms with Gasteiger partial charge in [-0.1, -0.05) is 6.07 Å². The Hall–Kier alpha value is -1.42. The van der Waals surface area contributed by atoms with Gasteiger partial charge in [0.05, 0.1) is 18.3 Å². The normalized spacial score (nSPS) is 18.2. The van der Waals surface area contributed by atoms with Crippen LogP contribution in [0.25, 0.3) is 0 Å². The third kappa shape index (κ3) is 2.22. The average molecular weight is 219 g/mol. The number of carbonyl (C=O) groups excluding carboxylic acids is 1. The number of amides is 1. The summed E-state index contributed by atoms with van der Waals surface area (Å²) in [5, 5.41) is 3.27. The highest BCUT2D eigenvalue weighted by atomic mass is 16.2. The van der Waals surface area contributed by atoms with Gasteiger partial charge in [-0.25, -0.2) is 0 Å². The maximum absolute atomic E-state index is 11.5. The lowest BCUT2D eigenvalue weighted by atomic mass is 10.2. The van der Waals surface area contributed by atoms with Gasteiger partial charge in [0.25, 0.3) is 0 Å². The molecule has 1 aliphatic rings. The fourth-order valence-electron chi connectivity index (χ4n) is 1.98. The average Bonchev–Trinajstić information content (AvgIpc) is 2.69. The molecule has 4 nitrogen and oxygen atoms in total. The zero-order valence-electron chi connectivity index (χ0n) is 9.73. The van der Waals surface area contributed by atoms with E-state index in [-0.39, 0.29) is 11.9 Å². The number of nitrogens with one attached hydrogen (secondary N) is 1. The number of pyridine rings is 1. The molecule has 4 heteroatoms. The Morgan fingerprint density at radius 2 is 2.44 bits per heavy atom. The smallest absolute Gasteiger partial charge is 0.236 e. The van der Waals surface area contributed by atoms with Crippen LogP contribution < -0.4 is 5.32 Å². The van der Waals surface area contributed by atoms with E-state index in [1.165, 1.54) is 5.56 Å². The summed E-state index contributed by atoms with van der Waals surface area (Å²) in [4.78, 5) is 17.4. The van der Waals surface area contributed by atoms with Crippen LogP contribution in [-0.4, -0.2) is 36.4 Å². The zero-order valence-corrected chi connectivity index (χ0v) is 9.73. The van der Waals surface area contributed by atoms with Crippen LogP contribution in [0, 0.1) is 0 Å². The Labute approximate surface area is 95.7 Å². The first-order valence-electron chi connectivity index (χ1n) is 5.56. The monoisotopic (exact) mass is 219 g/mol. The molecule has 1 aromatic heterocycles. The van der Waals surface area contributed by atoms with E-state index in [0.29, 0.717) is 6.54 Å². The van der Waals surface area contributed by atoms with Crippen LogP contribution in [0.4, 0.5) is 0 Å². The molecule has 86 valence electrons. The second-order valence-corrected chi connectivity index (χ2v) is 4.31. The molecule has 1 unspecified atom stereocenters. The van der Waals surface area contributed by atoms with Gasteiger partial charge in [-0.3, -0.25) is 9.78 Å². The second-order valence-electron chi connectivity index (χ2n) is 4.31. The number of likely N-dealkylation sites (N-methyl/N-ethyl adjacent to an activating group) is 1. The molecule has 0 spiro atoms. The van der Waals surface area contributed by atoms with E-state index in [1.54, 1.807) is 19.0 Å². The molecule has 0 aromatic carbocycles. The van der Waals surface area contributed by atoms with Crippen LogP contribution in [0.15, 0.2) is 18.3 Å². The molecule has 0 aliphatic heterocycles. The number of aromatic nitrogens is 1. The first-order chi connectivity index (χ1) is 7.68. The molecule has 1 amide bonds. The molecular weight excluding hydrogens is 202 g/mol. The number of nitrogens with zero attached hydrogens (tertiary/aromatic N) is 2. The van der Waals surface area contributed by atoms with E-state index in [9.17, 15) is 4.79 Å². The summed E-state index contributed by atoms with van der Waals surface area (Å²) in [5.74, 6) is 0.101. The Kier molecular flexibility index (Phi) is 3.19. The van der Waals surface area contributed by atoms with E-state index < -0.39 is 0 Å². The SMILES string of the molecule is CN(C)C(=O)CNC1CCc2cccnc21. The Bertz CT molecular complexity index is 390. The number of fused-ring (bicyclic) bond motifs is 1. The minimum atomic E-state index is 0.101. The highest BCUT2D eigenvalue weighted by Crippen LogP contribution is 2.28. The van der Waals surface area contributed by atoms with Crippen molar-refractivity contribution < 1.29 is 4.79 Å². The highest BCUT2D eigenvalue weighted by molar-refractivity contribution is 5.77. The summed E-state index contributed by atoms with van der Waals surface area (Å²) in [6.45, 7) is 0.383. The third-order valence-corrected chi connectivity index (χ3v) is 2.96. The fourth-order valence-corrected chi connectivity index (χ4v) is 1.98. The van der Waals surface area contributed by atoms with Gasteiger partial charge >= 0.3 is 0 Å². The summed E-state index contributed by atoms with van der Waals surface area (Å²) in [7, 11) is 3.54. The van der Waals surface area contributed by atoms with E-state index >= 15 is 0 Å². The molecule has 1 aromatic rings. The molecule has 0 bridgehead atoms. The van der Waals surface area contributed by atoms with E-state index in [1.807, 2.05) is 12.3 Å². The Balaban J connectivity index is 1.96. The number of rotatable bonds is 3. The molecule has 1 aliphatic carbocycles. The topological polar surface area (TPSA) is 45.2 Å². The summed E-state index contributed by atoms with van der Waals surface area (Å²) in [6.07, 6.45) is 3.90. The van der Waals surface area contributed by atoms with E-state index in [2.05, 4.69) is 16.4 Å². The van der Waals surface area contributed by atoms with Gasteiger partial charge in [-0.15, -0.1) is 0 Å². The second kappa shape index (κ2) is 4.61. The van der Waals surface area contributed by atoms with Crippen molar-refractivity contribution in [3.8, 4) is 0 Å². The highest BCUT2D eigenvalue weighted by Gasteiger charge is 2.23. The van der Waals surface area contributed by atoms with Gasteiger partial charge in [-0.2, -0.15) is 0 Å². The predicted molar refractivity (Wildman–Crippen MR) is 62.0 cm³/mol. The summed E-state index contributed by atoms with van der Waals surface area (Å²) in [6, 6.07) is 4.31. The third-order valence-electron chi connectivity index (χ3n) is 2.96. The molecule has 1 atom stereocenters. The largest absolute Gasteiger partial charge is 0.348 e. The van der Waals surface area contributed by atoms with Gasteiger partial charge < -0.3 is 10.2 Å². The molecule has 0 saturated carbocycles. The maximum atomic E-state index is 11.5. The quantitative estimate of drug-likeness (QED) is 0.816. The number of carbonyl (C=O) groups is 1. The van der Waals surface area contributed by atoms with Crippen molar-refractivity contribution >= 4 is 5.91 Å². The van der Waals surface area contributed by atoms with Crippen molar-refractivity contribution in [2.24, 2.45) is 0 Å². The molecule has 0 fully saturated rings. The predicted octanol–water partition coefficient (Wildman–Crippen LogP) is 0.747. The lowest BCUT2D eigenvalue weighted by Gasteiger charge is -2.15. The number of hydrogen-bond acceptors (Lipinski definition) is 3. The van der Waals surface area contributed by atoms with Crippen molar-refractivity contribution in [1.29, 1.82) is 0 Å². The molecule has 1 N–H and O–H groups in total. The van der Waals surface area contributed by atoms with Crippen LogP contribution in [0.5, 0.6) is 0 Å². The van der Waals surface area contributed by atoms with Gasteiger partial charge in [0.1, 0.15) is 0 Å². The van der Waals surface area contributed by atoms with Crippen LogP contribution in [0.1, 0.15) is 23.7 Å². The first-order valence-corrected chi connectivity index (χ1v) is 5.56. The molecule has 2 rings (SSSR count). The van der Waals surface area contributed by atoms with Gasteiger partial charge in [-0.05, 0) is 24.5 Å². The van der Waals surface area contributed by atoms with Gasteiger partial charge in [0.15, 0.2) is 0 Å². The first kappa shape index (κ1) is 11.1. The summed E-state index contributed by atoms with van der Waals surface area (Å²) < 4.78 is 0. The lowest BCUT2D eigenvalue weighted by molar-refractivity contribution is -0.127. The van der Waals surface area contributed by atoms with Crippen molar-refractivity contribution in [3.05, 3.63) is 29.6 Å². The van der Waals surface area contributed by atoms with Crippen molar-refractivity contribution in [1.82, 2.24) is 15.2 Å². The Morgan fingerprint density at radius 3 is 3.19 bits per heavy atom. The van der Waals surface area contributed by atoms with Crippen LogP contribution >= 0.6 is 0 Å². The molecule has 16 heavy (non-hydrogen) atoms. The number of aryl methyl sites for hydroxylation is 1. The Morgan fingerprint density at radius 1 is 1.62 bits per heavy atom. The summed E-state index contributed by atoms with van der Waals surface area (Å²) in [5.41, 5.74) is 2.41. The molecular formula is C12H17N3O. The molecule has 1 heterocycles. The van der Waals surface area contributed by atoms with E-state index in [0.717, 1.165) is 18.5 Å². The minimum Gasteiger partial charge on any atom is -0.348 e. The van der Waals surface area contributed by atoms with E-state index in [4.69, 9.17) is 0 Å². The zero-order chi connectivity index (χ0) is 11.5. The number of hydrogen-bond donors (Lipinski definition) is 1. The minimum absolute atomic E-state index is 0.101. The van der Waals surface area contributed by atoms with Crippen molar-refractivity contribution in [2.75, 3.05) is 20.6 Å². The molecule has 0 radical (unpaired) electrons. The molecule has 0 saturated heterocycles. The van der Waals surface area contributed by atoms with Gasteiger partial charge in [0, 0.05) is 20.3 Å². The summed E-state index contributed by atoms with van der Waals surface area (Å²) >= 11 is 0. The lowest BCUT2D eigenvalue weighted by Crippen LogP contribution is -2.34. The van der Waals surface area contributed by atoms with Gasteiger partial charge in [0.2, 0.25) is 5.91 Å². The van der Waals surface area contributed by atoms with Crippen molar-refractivity contribution in [3.63, 3.8) is 0 Å². The van der Waals surface area contributed by atoms with Crippen LogP contribution in [0.3, 0.4) is 0 Å². The van der Waals surface area contributed by atoms with Crippen LogP contribution in [0.2, 0.25) is 0 Å². The van der Waals surface area contributed by atoms with Crippen molar-refractivity contribution in [2.45, 2.75) is 18.9 Å². The maximum Gasteiger partial charge on any atom is 0.236 e. The fraction of sp³-hybridized carbons (Fsp3) is 0.500. The van der Waals surface area contributed by atoms with Crippen LogP contribution in [-0.2, 0) is 11.2 Å².